The number of fused-ring (bicyclic) bond motifs is 1. The number of thiazole rings is 1. The predicted molar refractivity (Wildman–Crippen MR) is 127 cm³/mol. The first-order chi connectivity index (χ1) is 15.1. The van der Waals surface area contributed by atoms with Crippen LogP contribution < -0.4 is 9.64 Å². The molecule has 164 valence electrons. The van der Waals surface area contributed by atoms with Gasteiger partial charge in [0.1, 0.15) is 5.75 Å². The fourth-order valence-corrected chi connectivity index (χ4v) is 4.81. The van der Waals surface area contributed by atoms with Crippen LogP contribution in [-0.2, 0) is 4.74 Å². The van der Waals surface area contributed by atoms with Gasteiger partial charge in [0.2, 0.25) is 0 Å². The largest absolute Gasteiger partial charge is 0.494 e. The van der Waals surface area contributed by atoms with E-state index in [1.54, 1.807) is 4.90 Å². The summed E-state index contributed by atoms with van der Waals surface area (Å²) in [6.45, 7) is 6.00. The number of unbranched alkanes of at least 4 members (excludes halogenated alkanes) is 1. The molecule has 0 bridgehead atoms. The van der Waals surface area contributed by atoms with Gasteiger partial charge in [-0.05, 0) is 68.1 Å². The van der Waals surface area contributed by atoms with Crippen LogP contribution in [0.5, 0.6) is 5.75 Å². The second-order valence-corrected chi connectivity index (χ2v) is 9.21. The number of aryl methyl sites for hydroxylation is 1. The molecule has 31 heavy (non-hydrogen) atoms. The molecule has 1 fully saturated rings. The Labute approximate surface area is 191 Å². The Morgan fingerprint density at radius 2 is 2.10 bits per heavy atom. The van der Waals surface area contributed by atoms with E-state index in [9.17, 15) is 4.79 Å². The van der Waals surface area contributed by atoms with Gasteiger partial charge in [0.15, 0.2) is 5.13 Å². The van der Waals surface area contributed by atoms with Crippen molar-refractivity contribution in [3.05, 3.63) is 52.5 Å². The van der Waals surface area contributed by atoms with E-state index < -0.39 is 0 Å². The van der Waals surface area contributed by atoms with Gasteiger partial charge >= 0.3 is 0 Å². The van der Waals surface area contributed by atoms with Gasteiger partial charge in [0.05, 0.1) is 29.5 Å². The van der Waals surface area contributed by atoms with Gasteiger partial charge in [-0.25, -0.2) is 4.98 Å². The number of benzene rings is 2. The monoisotopic (exact) mass is 458 g/mol. The Morgan fingerprint density at radius 1 is 1.29 bits per heavy atom. The van der Waals surface area contributed by atoms with Crippen molar-refractivity contribution in [3.8, 4) is 5.75 Å². The molecule has 0 saturated carbocycles. The molecule has 1 saturated heterocycles. The highest BCUT2D eigenvalue weighted by molar-refractivity contribution is 7.22. The normalized spacial score (nSPS) is 16.0. The van der Waals surface area contributed by atoms with E-state index in [-0.39, 0.29) is 12.0 Å². The number of nitrogens with zero attached hydrogens (tertiary/aromatic N) is 2. The van der Waals surface area contributed by atoms with Gasteiger partial charge < -0.3 is 9.47 Å². The van der Waals surface area contributed by atoms with E-state index in [0.29, 0.717) is 28.9 Å². The SMILES string of the molecule is CCCCOc1ccc(C(=O)N(CC2CCCO2)c2nc3c(C)c(Cl)ccc3s2)cc1. The highest BCUT2D eigenvalue weighted by Crippen LogP contribution is 2.34. The summed E-state index contributed by atoms with van der Waals surface area (Å²) in [6.07, 6.45) is 4.09. The van der Waals surface area contributed by atoms with Crippen LogP contribution in [0.1, 0.15) is 48.5 Å². The number of carbonyl (C=O) groups excluding carboxylic acids is 1. The number of rotatable bonds is 8. The van der Waals surface area contributed by atoms with Crippen LogP contribution in [0.2, 0.25) is 5.02 Å². The summed E-state index contributed by atoms with van der Waals surface area (Å²) in [4.78, 5) is 20.0. The van der Waals surface area contributed by atoms with E-state index in [4.69, 9.17) is 26.1 Å². The zero-order chi connectivity index (χ0) is 21.8. The summed E-state index contributed by atoms with van der Waals surface area (Å²) in [6, 6.07) is 11.2. The maximum Gasteiger partial charge on any atom is 0.260 e. The zero-order valence-corrected chi connectivity index (χ0v) is 19.5. The first kappa shape index (κ1) is 22.1. The summed E-state index contributed by atoms with van der Waals surface area (Å²) in [5.74, 6) is 0.694. The second kappa shape index (κ2) is 9.98. The number of ether oxygens (including phenoxy) is 2. The number of amides is 1. The number of anilines is 1. The van der Waals surface area contributed by atoms with Crippen LogP contribution in [0.15, 0.2) is 36.4 Å². The van der Waals surface area contributed by atoms with E-state index in [1.165, 1.54) is 11.3 Å². The molecule has 3 aromatic rings. The summed E-state index contributed by atoms with van der Waals surface area (Å²) in [5.41, 5.74) is 2.38. The number of hydrogen-bond acceptors (Lipinski definition) is 5. The van der Waals surface area contributed by atoms with Gasteiger partial charge in [-0.15, -0.1) is 0 Å². The predicted octanol–water partition coefficient (Wildman–Crippen LogP) is 6.26. The molecule has 1 amide bonds. The van der Waals surface area contributed by atoms with Crippen LogP contribution in [-0.4, -0.2) is 36.8 Å². The molecule has 2 heterocycles. The van der Waals surface area contributed by atoms with Crippen molar-refractivity contribution >= 4 is 44.2 Å². The number of halogens is 1. The average molecular weight is 459 g/mol. The van der Waals surface area contributed by atoms with E-state index in [0.717, 1.165) is 53.8 Å². The Bertz CT molecular complexity index is 1040. The van der Waals surface area contributed by atoms with Gasteiger partial charge in [-0.1, -0.05) is 36.3 Å². The van der Waals surface area contributed by atoms with Crippen molar-refractivity contribution in [1.29, 1.82) is 0 Å². The van der Waals surface area contributed by atoms with Crippen LogP contribution in [0, 0.1) is 6.92 Å². The van der Waals surface area contributed by atoms with Crippen molar-refractivity contribution in [2.45, 2.75) is 45.6 Å². The molecule has 1 aliphatic heterocycles. The molecule has 0 aliphatic carbocycles. The summed E-state index contributed by atoms with van der Waals surface area (Å²) in [5, 5.41) is 1.35. The molecular formula is C24H27ClN2O3S. The van der Waals surface area contributed by atoms with Crippen molar-refractivity contribution in [1.82, 2.24) is 4.98 Å². The first-order valence-electron chi connectivity index (χ1n) is 10.8. The lowest BCUT2D eigenvalue weighted by Gasteiger charge is -2.23. The van der Waals surface area contributed by atoms with Gasteiger partial charge in [-0.2, -0.15) is 0 Å². The van der Waals surface area contributed by atoms with Crippen LogP contribution in [0.25, 0.3) is 10.2 Å². The van der Waals surface area contributed by atoms with E-state index in [1.807, 2.05) is 43.3 Å². The third kappa shape index (κ3) is 5.03. The van der Waals surface area contributed by atoms with Crippen LogP contribution in [0.4, 0.5) is 5.13 Å². The Kier molecular flexibility index (Phi) is 7.10. The van der Waals surface area contributed by atoms with Crippen molar-refractivity contribution in [3.63, 3.8) is 0 Å². The molecule has 1 aliphatic rings. The van der Waals surface area contributed by atoms with Gasteiger partial charge in [0, 0.05) is 17.2 Å². The lowest BCUT2D eigenvalue weighted by molar-refractivity contribution is 0.0917. The molecule has 0 radical (unpaired) electrons. The summed E-state index contributed by atoms with van der Waals surface area (Å²) >= 11 is 7.79. The molecule has 4 rings (SSSR count). The molecular weight excluding hydrogens is 432 g/mol. The highest BCUT2D eigenvalue weighted by atomic mass is 35.5. The quantitative estimate of drug-likeness (QED) is 0.373. The summed E-state index contributed by atoms with van der Waals surface area (Å²) < 4.78 is 12.6. The Morgan fingerprint density at radius 3 is 2.81 bits per heavy atom. The van der Waals surface area contributed by atoms with E-state index >= 15 is 0 Å². The molecule has 5 nitrogen and oxygen atoms in total. The maximum atomic E-state index is 13.5. The third-order valence-electron chi connectivity index (χ3n) is 5.49. The van der Waals surface area contributed by atoms with E-state index in [2.05, 4.69) is 6.92 Å². The van der Waals surface area contributed by atoms with Gasteiger partial charge in [-0.3, -0.25) is 9.69 Å². The fraction of sp³-hybridized carbons (Fsp3) is 0.417. The standard InChI is InChI=1S/C24H27ClN2O3S/c1-3-4-13-29-18-9-7-17(8-10-18)23(28)27(15-19-6-5-14-30-19)24-26-22-16(2)20(25)11-12-21(22)31-24/h7-12,19H,3-6,13-15H2,1-2H3. The van der Waals surface area contributed by atoms with Crippen LogP contribution in [0.3, 0.4) is 0 Å². The molecule has 1 aromatic heterocycles. The summed E-state index contributed by atoms with van der Waals surface area (Å²) in [7, 11) is 0. The fourth-order valence-electron chi connectivity index (χ4n) is 3.63. The average Bonchev–Trinajstić information content (AvgIpc) is 3.45. The van der Waals surface area contributed by atoms with Crippen LogP contribution >= 0.6 is 22.9 Å². The Balaban J connectivity index is 1.61. The molecule has 0 spiro atoms. The number of carbonyl (C=O) groups is 1. The topological polar surface area (TPSA) is 51.7 Å². The minimum Gasteiger partial charge on any atom is -0.494 e. The molecule has 7 heteroatoms. The van der Waals surface area contributed by atoms with Crippen molar-refractivity contribution < 1.29 is 14.3 Å². The zero-order valence-electron chi connectivity index (χ0n) is 17.9. The second-order valence-electron chi connectivity index (χ2n) is 7.79. The van der Waals surface area contributed by atoms with Crippen molar-refractivity contribution in [2.24, 2.45) is 0 Å². The molecule has 2 aromatic carbocycles. The molecule has 1 atom stereocenters. The number of hydrogen-bond donors (Lipinski definition) is 0. The number of aromatic nitrogens is 1. The third-order valence-corrected chi connectivity index (χ3v) is 6.94. The first-order valence-corrected chi connectivity index (χ1v) is 12.0. The van der Waals surface area contributed by atoms with Gasteiger partial charge in [0.25, 0.3) is 5.91 Å². The molecule has 1 unspecified atom stereocenters. The lowest BCUT2D eigenvalue weighted by atomic mass is 10.1. The molecule has 0 N–H and O–H groups in total. The van der Waals surface area contributed by atoms with Crippen molar-refractivity contribution in [2.75, 3.05) is 24.7 Å². The minimum absolute atomic E-state index is 0.0253. The Hall–Kier alpha value is -2.15. The highest BCUT2D eigenvalue weighted by Gasteiger charge is 2.27. The smallest absolute Gasteiger partial charge is 0.260 e. The lowest BCUT2D eigenvalue weighted by Crippen LogP contribution is -2.37. The minimum atomic E-state index is -0.0848. The maximum absolute atomic E-state index is 13.5.